The predicted octanol–water partition coefficient (Wildman–Crippen LogP) is 5.84. The largest absolute Gasteiger partial charge is 0.497 e. The molecule has 0 aliphatic carbocycles. The number of ether oxygens (including phenoxy) is 1. The van der Waals surface area contributed by atoms with Crippen LogP contribution < -0.4 is 14.4 Å². The number of amides is 2. The van der Waals surface area contributed by atoms with Gasteiger partial charge in [-0.05, 0) is 75.2 Å². The van der Waals surface area contributed by atoms with Crippen LogP contribution in [0.25, 0.3) is 0 Å². The SMILES string of the molecule is CC[C@H](C)NC(=O)[C@H](C)N(Cc1cccc(OC)c1)C(=O)CN(c1ccc(Cl)c(Cl)c1)S(=O)(=O)c1ccc(C)cc1. The molecule has 41 heavy (non-hydrogen) atoms. The molecule has 0 spiro atoms. The van der Waals surface area contributed by atoms with Crippen molar-refractivity contribution < 1.29 is 22.7 Å². The highest BCUT2D eigenvalue weighted by Gasteiger charge is 2.33. The topological polar surface area (TPSA) is 96.0 Å². The van der Waals surface area contributed by atoms with Gasteiger partial charge in [0.1, 0.15) is 18.3 Å². The summed E-state index contributed by atoms with van der Waals surface area (Å²) in [4.78, 5) is 28.6. The van der Waals surface area contributed by atoms with Gasteiger partial charge in [0, 0.05) is 12.6 Å². The van der Waals surface area contributed by atoms with E-state index in [0.717, 1.165) is 9.87 Å². The molecule has 2 amide bonds. The van der Waals surface area contributed by atoms with Gasteiger partial charge in [-0.25, -0.2) is 8.42 Å². The first-order valence-corrected chi connectivity index (χ1v) is 15.3. The first-order valence-electron chi connectivity index (χ1n) is 13.1. The highest BCUT2D eigenvalue weighted by atomic mass is 35.5. The molecule has 11 heteroatoms. The minimum absolute atomic E-state index is 0.00359. The van der Waals surface area contributed by atoms with Crippen LogP contribution in [0.15, 0.2) is 71.6 Å². The van der Waals surface area contributed by atoms with Gasteiger partial charge in [0.25, 0.3) is 10.0 Å². The van der Waals surface area contributed by atoms with Crippen LogP contribution >= 0.6 is 23.2 Å². The second kappa shape index (κ2) is 14.1. The number of benzene rings is 3. The molecule has 0 fully saturated rings. The van der Waals surface area contributed by atoms with E-state index in [1.165, 1.54) is 42.3 Å². The predicted molar refractivity (Wildman–Crippen MR) is 163 cm³/mol. The van der Waals surface area contributed by atoms with E-state index in [1.807, 2.05) is 26.8 Å². The molecule has 220 valence electrons. The van der Waals surface area contributed by atoms with Gasteiger partial charge in [-0.3, -0.25) is 13.9 Å². The quantitative estimate of drug-likeness (QED) is 0.275. The van der Waals surface area contributed by atoms with Gasteiger partial charge in [-0.15, -0.1) is 0 Å². The lowest BCUT2D eigenvalue weighted by Gasteiger charge is -2.32. The van der Waals surface area contributed by atoms with Gasteiger partial charge >= 0.3 is 0 Å². The zero-order chi connectivity index (χ0) is 30.3. The maximum Gasteiger partial charge on any atom is 0.264 e. The van der Waals surface area contributed by atoms with Gasteiger partial charge in [0.2, 0.25) is 11.8 Å². The average Bonchev–Trinajstić information content (AvgIpc) is 2.95. The van der Waals surface area contributed by atoms with Crippen molar-refractivity contribution in [1.29, 1.82) is 0 Å². The average molecular weight is 621 g/mol. The second-order valence-electron chi connectivity index (χ2n) is 9.79. The molecule has 3 aromatic rings. The van der Waals surface area contributed by atoms with E-state index < -0.39 is 28.5 Å². The maximum atomic E-state index is 14.0. The first kappa shape index (κ1) is 32.2. The maximum absolute atomic E-state index is 14.0. The molecule has 0 bridgehead atoms. The molecular weight excluding hydrogens is 585 g/mol. The molecule has 0 radical (unpaired) electrons. The number of rotatable bonds is 12. The number of sulfonamides is 1. The van der Waals surface area contributed by atoms with Gasteiger partial charge in [0.05, 0.1) is 27.7 Å². The standard InChI is InChI=1S/C30H35Cl2N3O5S/c1-6-21(3)33-30(37)22(4)34(18-23-8-7-9-25(16-23)40-5)29(36)19-35(24-12-15-27(31)28(32)17-24)41(38,39)26-13-10-20(2)11-14-26/h7-17,21-22H,6,18-19H2,1-5H3,(H,33,37)/t21-,22-/m0/s1. The number of nitrogens with one attached hydrogen (secondary N) is 1. The van der Waals surface area contributed by atoms with Crippen LogP contribution in [0.5, 0.6) is 5.75 Å². The molecule has 0 aliphatic rings. The zero-order valence-corrected chi connectivity index (χ0v) is 26.1. The van der Waals surface area contributed by atoms with E-state index in [0.29, 0.717) is 17.7 Å². The highest BCUT2D eigenvalue weighted by molar-refractivity contribution is 7.92. The third-order valence-electron chi connectivity index (χ3n) is 6.73. The third kappa shape index (κ3) is 8.15. The fraction of sp³-hybridized carbons (Fsp3) is 0.333. The van der Waals surface area contributed by atoms with Crippen molar-refractivity contribution in [3.05, 3.63) is 87.9 Å². The van der Waals surface area contributed by atoms with Crippen LogP contribution in [0.4, 0.5) is 5.69 Å². The van der Waals surface area contributed by atoms with Gasteiger partial charge in [0.15, 0.2) is 0 Å². The monoisotopic (exact) mass is 619 g/mol. The number of halogens is 2. The number of aryl methyl sites for hydroxylation is 1. The van der Waals surface area contributed by atoms with Crippen molar-refractivity contribution in [2.75, 3.05) is 18.0 Å². The van der Waals surface area contributed by atoms with E-state index in [4.69, 9.17) is 27.9 Å². The Morgan fingerprint density at radius 1 is 0.976 bits per heavy atom. The van der Waals surface area contributed by atoms with E-state index in [1.54, 1.807) is 37.3 Å². The molecule has 0 heterocycles. The lowest BCUT2D eigenvalue weighted by molar-refractivity contribution is -0.139. The summed E-state index contributed by atoms with van der Waals surface area (Å²) in [6.07, 6.45) is 0.711. The van der Waals surface area contributed by atoms with Crippen LogP contribution in [0.3, 0.4) is 0 Å². The Morgan fingerprint density at radius 3 is 2.27 bits per heavy atom. The normalized spacial score (nSPS) is 12.8. The Hall–Kier alpha value is -3.27. The third-order valence-corrected chi connectivity index (χ3v) is 9.26. The summed E-state index contributed by atoms with van der Waals surface area (Å²) in [5.74, 6) is -0.342. The molecule has 2 atom stereocenters. The van der Waals surface area contributed by atoms with Crippen molar-refractivity contribution in [2.24, 2.45) is 0 Å². The highest BCUT2D eigenvalue weighted by Crippen LogP contribution is 2.31. The van der Waals surface area contributed by atoms with Gasteiger partial charge in [-0.2, -0.15) is 0 Å². The molecule has 1 N–H and O–H groups in total. The minimum Gasteiger partial charge on any atom is -0.497 e. The second-order valence-corrected chi connectivity index (χ2v) is 12.5. The minimum atomic E-state index is -4.22. The van der Waals surface area contributed by atoms with E-state index in [9.17, 15) is 18.0 Å². The molecule has 0 aliphatic heterocycles. The Kier molecular flexibility index (Phi) is 11.1. The number of hydrogen-bond acceptors (Lipinski definition) is 5. The van der Waals surface area contributed by atoms with Crippen LogP contribution in [0, 0.1) is 6.92 Å². The fourth-order valence-corrected chi connectivity index (χ4v) is 5.72. The number of anilines is 1. The molecule has 0 unspecified atom stereocenters. The fourth-order valence-electron chi connectivity index (χ4n) is 4.02. The summed E-state index contributed by atoms with van der Waals surface area (Å²) in [6.45, 7) is 6.75. The Labute approximate surface area is 252 Å². The smallest absolute Gasteiger partial charge is 0.264 e. The molecular formula is C30H35Cl2N3O5S. The molecule has 0 saturated carbocycles. The van der Waals surface area contributed by atoms with Crippen molar-refractivity contribution >= 4 is 50.7 Å². The van der Waals surface area contributed by atoms with Crippen molar-refractivity contribution in [1.82, 2.24) is 10.2 Å². The van der Waals surface area contributed by atoms with E-state index >= 15 is 0 Å². The molecule has 8 nitrogen and oxygen atoms in total. The molecule has 3 aromatic carbocycles. The Balaban J connectivity index is 2.06. The van der Waals surface area contributed by atoms with Gasteiger partial charge in [-0.1, -0.05) is 60.0 Å². The van der Waals surface area contributed by atoms with Crippen LogP contribution in [0.1, 0.15) is 38.3 Å². The summed E-state index contributed by atoms with van der Waals surface area (Å²) in [5.41, 5.74) is 1.75. The van der Waals surface area contributed by atoms with Crippen molar-refractivity contribution in [2.45, 2.75) is 57.6 Å². The number of nitrogens with zero attached hydrogens (tertiary/aromatic N) is 2. The van der Waals surface area contributed by atoms with Crippen LogP contribution in [0.2, 0.25) is 10.0 Å². The van der Waals surface area contributed by atoms with E-state index in [2.05, 4.69) is 5.32 Å². The van der Waals surface area contributed by atoms with E-state index in [-0.39, 0.29) is 39.1 Å². The first-order chi connectivity index (χ1) is 19.4. The number of methoxy groups -OCH3 is 1. The lowest BCUT2D eigenvalue weighted by Crippen LogP contribution is -2.52. The van der Waals surface area contributed by atoms with Crippen LogP contribution in [-0.4, -0.2) is 50.9 Å². The number of hydrogen-bond donors (Lipinski definition) is 1. The van der Waals surface area contributed by atoms with Crippen molar-refractivity contribution in [3.8, 4) is 5.75 Å². The molecule has 3 rings (SSSR count). The number of carbonyl (C=O) groups is 2. The zero-order valence-electron chi connectivity index (χ0n) is 23.7. The number of carbonyl (C=O) groups excluding carboxylic acids is 2. The van der Waals surface area contributed by atoms with Gasteiger partial charge < -0.3 is 15.0 Å². The van der Waals surface area contributed by atoms with Crippen molar-refractivity contribution in [3.63, 3.8) is 0 Å². The summed E-state index contributed by atoms with van der Waals surface area (Å²) < 4.78 is 34.1. The molecule has 0 aromatic heterocycles. The summed E-state index contributed by atoms with van der Waals surface area (Å²) in [5, 5.41) is 3.29. The Bertz CT molecular complexity index is 1480. The molecule has 0 saturated heterocycles. The Morgan fingerprint density at radius 2 is 1.66 bits per heavy atom. The van der Waals surface area contributed by atoms with Crippen LogP contribution in [-0.2, 0) is 26.2 Å². The summed E-state index contributed by atoms with van der Waals surface area (Å²) in [6, 6.07) is 16.8. The summed E-state index contributed by atoms with van der Waals surface area (Å²) >= 11 is 12.4. The lowest BCUT2D eigenvalue weighted by atomic mass is 10.1. The summed E-state index contributed by atoms with van der Waals surface area (Å²) in [7, 11) is -2.68.